The fourth-order valence-corrected chi connectivity index (χ4v) is 6.08. The zero-order chi connectivity index (χ0) is 24.9. The Kier molecular flexibility index (Phi) is 5.66. The van der Waals surface area contributed by atoms with Crippen LogP contribution in [0.4, 0.5) is 24.5 Å². The number of carbonyl (C=O) groups is 1. The average molecular weight is 492 g/mol. The molecule has 186 valence electrons. The van der Waals surface area contributed by atoms with E-state index in [9.17, 15) is 18.0 Å². The van der Waals surface area contributed by atoms with Crippen LogP contribution in [0, 0.1) is 5.92 Å². The summed E-state index contributed by atoms with van der Waals surface area (Å²) in [5.74, 6) is -0.366. The maximum Gasteiger partial charge on any atom is 0.416 e. The first-order chi connectivity index (χ1) is 17.4. The monoisotopic (exact) mass is 491 g/mol. The molecule has 0 unspecified atom stereocenters. The number of nitrogens with zero attached hydrogens (tertiary/aromatic N) is 3. The number of amides is 1. The lowest BCUT2D eigenvalue weighted by molar-refractivity contribution is -0.137. The molecule has 1 fully saturated rings. The Morgan fingerprint density at radius 1 is 0.833 bits per heavy atom. The number of hydrogen-bond acceptors (Lipinski definition) is 3. The molecule has 0 saturated carbocycles. The zero-order valence-corrected chi connectivity index (χ0v) is 19.9. The van der Waals surface area contributed by atoms with Gasteiger partial charge in [-0.3, -0.25) is 4.79 Å². The van der Waals surface area contributed by atoms with E-state index < -0.39 is 17.7 Å². The molecule has 3 heterocycles. The van der Waals surface area contributed by atoms with Crippen LogP contribution in [0.15, 0.2) is 72.8 Å². The van der Waals surface area contributed by atoms with Gasteiger partial charge in [0.2, 0.25) is 5.91 Å². The lowest BCUT2D eigenvalue weighted by Gasteiger charge is -2.50. The second kappa shape index (κ2) is 8.87. The summed E-state index contributed by atoms with van der Waals surface area (Å²) in [5, 5.41) is 0. The minimum absolute atomic E-state index is 0.0393. The molecule has 6 rings (SSSR count). The lowest BCUT2D eigenvalue weighted by Crippen LogP contribution is -2.61. The van der Waals surface area contributed by atoms with E-state index in [2.05, 4.69) is 34.1 Å². The molecule has 3 aliphatic heterocycles. The number of alkyl halides is 3. The van der Waals surface area contributed by atoms with Gasteiger partial charge in [-0.05, 0) is 59.9 Å². The van der Waals surface area contributed by atoms with Gasteiger partial charge in [0, 0.05) is 44.1 Å². The molecule has 7 heteroatoms. The third-order valence-corrected chi connectivity index (χ3v) is 7.92. The smallest absolute Gasteiger partial charge is 0.368 e. The summed E-state index contributed by atoms with van der Waals surface area (Å²) < 4.78 is 40.6. The molecule has 0 N–H and O–H groups in total. The first-order valence-corrected chi connectivity index (χ1v) is 12.5. The highest BCUT2D eigenvalue weighted by Gasteiger charge is 2.44. The fourth-order valence-electron chi connectivity index (χ4n) is 6.08. The van der Waals surface area contributed by atoms with Gasteiger partial charge in [0.25, 0.3) is 0 Å². The highest BCUT2D eigenvalue weighted by Crippen LogP contribution is 2.41. The molecule has 0 aliphatic carbocycles. The van der Waals surface area contributed by atoms with Crippen LogP contribution in [-0.4, -0.2) is 43.0 Å². The summed E-state index contributed by atoms with van der Waals surface area (Å²) in [4.78, 5) is 20.4. The van der Waals surface area contributed by atoms with Crippen molar-refractivity contribution in [3.05, 3.63) is 95.1 Å². The first kappa shape index (κ1) is 23.0. The van der Waals surface area contributed by atoms with Crippen LogP contribution in [0.2, 0.25) is 0 Å². The van der Waals surface area contributed by atoms with E-state index in [4.69, 9.17) is 0 Å². The predicted molar refractivity (Wildman–Crippen MR) is 134 cm³/mol. The molecule has 3 aromatic rings. The van der Waals surface area contributed by atoms with Crippen molar-refractivity contribution < 1.29 is 18.0 Å². The van der Waals surface area contributed by atoms with Crippen molar-refractivity contribution in [2.45, 2.75) is 31.6 Å². The molecule has 1 amide bonds. The van der Waals surface area contributed by atoms with E-state index >= 15 is 0 Å². The highest BCUT2D eigenvalue weighted by atomic mass is 19.4. The van der Waals surface area contributed by atoms with Crippen molar-refractivity contribution in [2.75, 3.05) is 36.0 Å². The predicted octanol–water partition coefficient (Wildman–Crippen LogP) is 5.16. The van der Waals surface area contributed by atoms with Crippen molar-refractivity contribution >= 4 is 17.3 Å². The van der Waals surface area contributed by atoms with Crippen molar-refractivity contribution in [1.29, 1.82) is 0 Å². The molecular weight excluding hydrogens is 463 g/mol. The van der Waals surface area contributed by atoms with E-state index in [1.54, 1.807) is 6.07 Å². The van der Waals surface area contributed by atoms with Crippen LogP contribution in [0.1, 0.15) is 22.3 Å². The molecular formula is C29H28F3N3O. The van der Waals surface area contributed by atoms with Crippen molar-refractivity contribution in [2.24, 2.45) is 5.92 Å². The molecule has 0 bridgehead atoms. The van der Waals surface area contributed by atoms with Gasteiger partial charge >= 0.3 is 6.18 Å². The summed E-state index contributed by atoms with van der Waals surface area (Å²) in [6, 6.07) is 22.2. The van der Waals surface area contributed by atoms with Gasteiger partial charge < -0.3 is 14.7 Å². The molecule has 3 aromatic carbocycles. The number of para-hydroxylation sites is 1. The second-order valence-corrected chi connectivity index (χ2v) is 9.97. The summed E-state index contributed by atoms with van der Waals surface area (Å²) in [7, 11) is 0. The van der Waals surface area contributed by atoms with Gasteiger partial charge in [0.05, 0.1) is 17.5 Å². The number of rotatable bonds is 2. The number of piperazine rings is 1. The number of anilines is 2. The van der Waals surface area contributed by atoms with Crippen LogP contribution < -0.4 is 9.80 Å². The summed E-state index contributed by atoms with van der Waals surface area (Å²) in [5.41, 5.74) is 4.31. The third-order valence-electron chi connectivity index (χ3n) is 7.92. The standard InChI is InChI=1S/C29H28F3N3O/c30-29(31,32)23-10-11-26-22(16-23)17-25(28(36)34-13-12-20-6-4-5-7-21(20)18-34)27-19-33(14-15-35(26)27)24-8-2-1-3-9-24/h1-11,16,25,27H,12-15,17-19H2/t25-,27-/m1/s1. The Balaban J connectivity index is 1.34. The lowest BCUT2D eigenvalue weighted by atomic mass is 9.82. The van der Waals surface area contributed by atoms with E-state index in [1.165, 1.54) is 17.7 Å². The number of fused-ring (bicyclic) bond motifs is 4. The minimum Gasteiger partial charge on any atom is -0.368 e. The zero-order valence-electron chi connectivity index (χ0n) is 19.9. The van der Waals surface area contributed by atoms with E-state index in [0.717, 1.165) is 29.9 Å². The van der Waals surface area contributed by atoms with Gasteiger partial charge in [-0.15, -0.1) is 0 Å². The van der Waals surface area contributed by atoms with Crippen LogP contribution in [-0.2, 0) is 30.4 Å². The van der Waals surface area contributed by atoms with Crippen molar-refractivity contribution in [3.8, 4) is 0 Å². The largest absolute Gasteiger partial charge is 0.416 e. The van der Waals surface area contributed by atoms with Gasteiger partial charge in [0.15, 0.2) is 0 Å². The number of benzene rings is 3. The van der Waals surface area contributed by atoms with Crippen molar-refractivity contribution in [1.82, 2.24) is 4.90 Å². The third kappa shape index (κ3) is 4.10. The van der Waals surface area contributed by atoms with Gasteiger partial charge in [-0.25, -0.2) is 0 Å². The van der Waals surface area contributed by atoms with Gasteiger partial charge in [-0.1, -0.05) is 42.5 Å². The molecule has 0 radical (unpaired) electrons. The Hall–Kier alpha value is -3.48. The first-order valence-electron chi connectivity index (χ1n) is 12.5. The minimum atomic E-state index is -4.41. The van der Waals surface area contributed by atoms with E-state index in [0.29, 0.717) is 38.2 Å². The number of hydrogen-bond donors (Lipinski definition) is 0. The molecule has 4 nitrogen and oxygen atoms in total. The maximum absolute atomic E-state index is 14.0. The molecule has 36 heavy (non-hydrogen) atoms. The highest BCUT2D eigenvalue weighted by molar-refractivity contribution is 5.83. The maximum atomic E-state index is 14.0. The topological polar surface area (TPSA) is 26.8 Å². The van der Waals surface area contributed by atoms with Gasteiger partial charge in [-0.2, -0.15) is 13.2 Å². The Morgan fingerprint density at radius 2 is 1.58 bits per heavy atom. The normalized spacial score (nSPS) is 21.5. The number of halogens is 3. The summed E-state index contributed by atoms with van der Waals surface area (Å²) >= 11 is 0. The van der Waals surface area contributed by atoms with E-state index in [1.807, 2.05) is 35.2 Å². The quantitative estimate of drug-likeness (QED) is 0.496. The van der Waals surface area contributed by atoms with Crippen LogP contribution in [0.3, 0.4) is 0 Å². The van der Waals surface area contributed by atoms with E-state index in [-0.39, 0.29) is 11.9 Å². The Bertz CT molecular complexity index is 1280. The van der Waals surface area contributed by atoms with Crippen LogP contribution in [0.25, 0.3) is 0 Å². The van der Waals surface area contributed by atoms with Gasteiger partial charge in [0.1, 0.15) is 0 Å². The Labute approximate surface area is 208 Å². The molecule has 3 aliphatic rings. The van der Waals surface area contributed by atoms with Crippen molar-refractivity contribution in [3.63, 3.8) is 0 Å². The molecule has 2 atom stereocenters. The average Bonchev–Trinajstić information content (AvgIpc) is 2.91. The second-order valence-electron chi connectivity index (χ2n) is 9.97. The molecule has 0 spiro atoms. The fraction of sp³-hybridized carbons (Fsp3) is 0.345. The van der Waals surface area contributed by atoms with Crippen LogP contribution >= 0.6 is 0 Å². The SMILES string of the molecule is O=C([C@@H]1Cc2cc(C(F)(F)F)ccc2N2CCN(c3ccccc3)C[C@H]12)N1CCc2ccccc2C1. The molecule has 1 saturated heterocycles. The Morgan fingerprint density at radius 3 is 2.36 bits per heavy atom. The number of carbonyl (C=O) groups excluding carboxylic acids is 1. The summed E-state index contributed by atoms with van der Waals surface area (Å²) in [6.07, 6.45) is -3.29. The van der Waals surface area contributed by atoms with Crippen LogP contribution in [0.5, 0.6) is 0 Å². The summed E-state index contributed by atoms with van der Waals surface area (Å²) in [6.45, 7) is 3.25. The molecule has 0 aromatic heterocycles.